The molecule has 0 aliphatic carbocycles. The van der Waals surface area contributed by atoms with Crippen LogP contribution in [0.25, 0.3) is 0 Å². The van der Waals surface area contributed by atoms with Gasteiger partial charge >= 0.3 is 0 Å². The van der Waals surface area contributed by atoms with Gasteiger partial charge in [0.25, 0.3) is 0 Å². The molecule has 1 nitrogen and oxygen atoms in total. The molecule has 92 valence electrons. The molecule has 0 saturated heterocycles. The van der Waals surface area contributed by atoms with Crippen molar-refractivity contribution < 1.29 is 5.11 Å². The van der Waals surface area contributed by atoms with Gasteiger partial charge < -0.3 is 5.11 Å². The number of thioether (sulfide) groups is 1. The summed E-state index contributed by atoms with van der Waals surface area (Å²) >= 11 is 1.88. The second-order valence-electron chi connectivity index (χ2n) is 4.40. The molecule has 1 N–H and O–H groups in total. The van der Waals surface area contributed by atoms with E-state index in [-0.39, 0.29) is 6.10 Å². The first-order chi connectivity index (χ1) is 7.27. The van der Waals surface area contributed by atoms with E-state index in [0.717, 1.165) is 5.75 Å². The van der Waals surface area contributed by atoms with Crippen molar-refractivity contribution in [2.24, 2.45) is 0 Å². The van der Waals surface area contributed by atoms with Crippen LogP contribution in [0, 0.1) is 0 Å². The van der Waals surface area contributed by atoms with E-state index in [4.69, 9.17) is 5.11 Å². The summed E-state index contributed by atoms with van der Waals surface area (Å²) in [6.07, 6.45) is 11.0. The van der Waals surface area contributed by atoms with Gasteiger partial charge in [-0.25, -0.2) is 0 Å². The minimum absolute atomic E-state index is 0.135. The van der Waals surface area contributed by atoms with Crippen LogP contribution in [-0.2, 0) is 0 Å². The fourth-order valence-electron chi connectivity index (χ4n) is 1.59. The van der Waals surface area contributed by atoms with E-state index in [0.29, 0.717) is 0 Å². The van der Waals surface area contributed by atoms with Crippen LogP contribution in [0.3, 0.4) is 0 Å². The van der Waals surface area contributed by atoms with Crippen molar-refractivity contribution >= 4 is 11.8 Å². The zero-order valence-corrected chi connectivity index (χ0v) is 11.3. The Morgan fingerprint density at radius 3 is 2.00 bits per heavy atom. The van der Waals surface area contributed by atoms with E-state index in [9.17, 15) is 0 Å². The SMILES string of the molecule is CCCCCCCCCCSCC(C)O. The molecular formula is C13H28OS. The Hall–Kier alpha value is 0.310. The fourth-order valence-corrected chi connectivity index (χ4v) is 2.51. The third kappa shape index (κ3) is 14.3. The van der Waals surface area contributed by atoms with E-state index in [1.807, 2.05) is 18.7 Å². The molecule has 15 heavy (non-hydrogen) atoms. The Kier molecular flexibility index (Phi) is 12.6. The molecule has 0 amide bonds. The average molecular weight is 232 g/mol. The Labute approximate surface area is 100 Å². The quantitative estimate of drug-likeness (QED) is 0.538. The van der Waals surface area contributed by atoms with Gasteiger partial charge in [-0.3, -0.25) is 0 Å². The summed E-state index contributed by atoms with van der Waals surface area (Å²) in [6.45, 7) is 4.13. The van der Waals surface area contributed by atoms with Crippen molar-refractivity contribution in [2.45, 2.75) is 71.3 Å². The van der Waals surface area contributed by atoms with E-state index in [1.54, 1.807) is 0 Å². The lowest BCUT2D eigenvalue weighted by Crippen LogP contribution is -2.03. The van der Waals surface area contributed by atoms with Gasteiger partial charge in [-0.05, 0) is 19.1 Å². The zero-order valence-electron chi connectivity index (χ0n) is 10.5. The molecular weight excluding hydrogens is 204 g/mol. The lowest BCUT2D eigenvalue weighted by atomic mass is 10.1. The van der Waals surface area contributed by atoms with E-state index >= 15 is 0 Å². The first kappa shape index (κ1) is 15.3. The molecule has 0 aliphatic heterocycles. The van der Waals surface area contributed by atoms with Gasteiger partial charge in [0, 0.05) is 5.75 Å². The highest BCUT2D eigenvalue weighted by molar-refractivity contribution is 7.99. The Balaban J connectivity index is 2.87. The van der Waals surface area contributed by atoms with Gasteiger partial charge in [-0.1, -0.05) is 51.9 Å². The first-order valence-electron chi connectivity index (χ1n) is 6.53. The summed E-state index contributed by atoms with van der Waals surface area (Å²) < 4.78 is 0. The smallest absolute Gasteiger partial charge is 0.0602 e. The van der Waals surface area contributed by atoms with Gasteiger partial charge in [0.1, 0.15) is 0 Å². The van der Waals surface area contributed by atoms with Gasteiger partial charge in [0.2, 0.25) is 0 Å². The molecule has 1 atom stereocenters. The van der Waals surface area contributed by atoms with Crippen LogP contribution in [0.2, 0.25) is 0 Å². The van der Waals surface area contributed by atoms with Crippen LogP contribution in [-0.4, -0.2) is 22.7 Å². The van der Waals surface area contributed by atoms with E-state index < -0.39 is 0 Å². The summed E-state index contributed by atoms with van der Waals surface area (Å²) in [7, 11) is 0. The minimum Gasteiger partial charge on any atom is -0.393 e. The molecule has 1 unspecified atom stereocenters. The summed E-state index contributed by atoms with van der Waals surface area (Å²) in [4.78, 5) is 0. The van der Waals surface area contributed by atoms with Gasteiger partial charge in [0.15, 0.2) is 0 Å². The summed E-state index contributed by atoms with van der Waals surface area (Å²) in [5.41, 5.74) is 0. The molecule has 0 aromatic carbocycles. The maximum Gasteiger partial charge on any atom is 0.0602 e. The fraction of sp³-hybridized carbons (Fsp3) is 1.00. The highest BCUT2D eigenvalue weighted by Gasteiger charge is 1.95. The molecule has 0 fully saturated rings. The molecule has 0 spiro atoms. The highest BCUT2D eigenvalue weighted by Crippen LogP contribution is 2.11. The third-order valence-corrected chi connectivity index (χ3v) is 3.80. The second kappa shape index (κ2) is 12.4. The van der Waals surface area contributed by atoms with Crippen LogP contribution in [0.15, 0.2) is 0 Å². The molecule has 2 heteroatoms. The van der Waals surface area contributed by atoms with Crippen molar-refractivity contribution in [1.29, 1.82) is 0 Å². The maximum absolute atomic E-state index is 9.05. The Morgan fingerprint density at radius 2 is 1.47 bits per heavy atom. The minimum atomic E-state index is -0.135. The monoisotopic (exact) mass is 232 g/mol. The number of hydrogen-bond donors (Lipinski definition) is 1. The summed E-state index contributed by atoms with van der Waals surface area (Å²) in [5.74, 6) is 2.12. The number of aliphatic hydroxyl groups is 1. The molecule has 0 rings (SSSR count). The molecule has 0 bridgehead atoms. The molecule has 0 heterocycles. The van der Waals surface area contributed by atoms with Crippen molar-refractivity contribution in [3.05, 3.63) is 0 Å². The third-order valence-electron chi connectivity index (χ3n) is 2.50. The second-order valence-corrected chi connectivity index (χ2v) is 5.55. The molecule has 0 aromatic heterocycles. The predicted octanol–water partition coefficient (Wildman–Crippen LogP) is 4.24. The molecule has 0 saturated carbocycles. The lowest BCUT2D eigenvalue weighted by Gasteiger charge is -2.04. The van der Waals surface area contributed by atoms with Crippen molar-refractivity contribution in [1.82, 2.24) is 0 Å². The van der Waals surface area contributed by atoms with Crippen molar-refractivity contribution in [3.8, 4) is 0 Å². The van der Waals surface area contributed by atoms with E-state index in [1.165, 1.54) is 57.1 Å². The van der Waals surface area contributed by atoms with Crippen molar-refractivity contribution in [2.75, 3.05) is 11.5 Å². The average Bonchev–Trinajstić information content (AvgIpc) is 2.20. The van der Waals surface area contributed by atoms with Crippen LogP contribution in [0.1, 0.15) is 65.2 Å². The largest absolute Gasteiger partial charge is 0.393 e. The molecule has 0 radical (unpaired) electrons. The zero-order chi connectivity index (χ0) is 11.4. The van der Waals surface area contributed by atoms with Crippen LogP contribution < -0.4 is 0 Å². The number of rotatable bonds is 11. The summed E-state index contributed by atoms with van der Waals surface area (Å²) in [5, 5.41) is 9.05. The Bertz CT molecular complexity index is 115. The van der Waals surface area contributed by atoms with Crippen LogP contribution >= 0.6 is 11.8 Å². The molecule has 0 aromatic rings. The number of unbranched alkanes of at least 4 members (excludes halogenated alkanes) is 7. The maximum atomic E-state index is 9.05. The topological polar surface area (TPSA) is 20.2 Å². The van der Waals surface area contributed by atoms with Gasteiger partial charge in [-0.15, -0.1) is 0 Å². The first-order valence-corrected chi connectivity index (χ1v) is 7.68. The van der Waals surface area contributed by atoms with E-state index in [2.05, 4.69) is 6.92 Å². The van der Waals surface area contributed by atoms with Gasteiger partial charge in [-0.2, -0.15) is 11.8 Å². The normalized spacial score (nSPS) is 13.0. The predicted molar refractivity (Wildman–Crippen MR) is 71.6 cm³/mol. The number of hydrogen-bond acceptors (Lipinski definition) is 2. The van der Waals surface area contributed by atoms with Crippen molar-refractivity contribution in [3.63, 3.8) is 0 Å². The van der Waals surface area contributed by atoms with Crippen LogP contribution in [0.5, 0.6) is 0 Å². The number of aliphatic hydroxyl groups excluding tert-OH is 1. The highest BCUT2D eigenvalue weighted by atomic mass is 32.2. The summed E-state index contributed by atoms with van der Waals surface area (Å²) in [6, 6.07) is 0. The lowest BCUT2D eigenvalue weighted by molar-refractivity contribution is 0.220. The molecule has 0 aliphatic rings. The standard InChI is InChI=1S/C13H28OS/c1-3-4-5-6-7-8-9-10-11-15-12-13(2)14/h13-14H,3-12H2,1-2H3. The van der Waals surface area contributed by atoms with Crippen LogP contribution in [0.4, 0.5) is 0 Å². The Morgan fingerprint density at radius 1 is 0.933 bits per heavy atom. The van der Waals surface area contributed by atoms with Gasteiger partial charge in [0.05, 0.1) is 6.10 Å².